The summed E-state index contributed by atoms with van der Waals surface area (Å²) in [5.41, 5.74) is -1.15. The van der Waals surface area contributed by atoms with Crippen molar-refractivity contribution in [3.63, 3.8) is 0 Å². The quantitative estimate of drug-likeness (QED) is 0.927. The Balaban J connectivity index is 2.10. The molecule has 1 aliphatic rings. The van der Waals surface area contributed by atoms with E-state index in [0.29, 0.717) is 6.54 Å². The predicted octanol–water partition coefficient (Wildman–Crippen LogP) is 2.37. The molecule has 0 radical (unpaired) electrons. The number of halogens is 3. The van der Waals surface area contributed by atoms with Gasteiger partial charge in [0.2, 0.25) is 0 Å². The zero-order chi connectivity index (χ0) is 16.3. The van der Waals surface area contributed by atoms with Crippen molar-refractivity contribution in [1.82, 2.24) is 20.0 Å². The first kappa shape index (κ1) is 16.8. The van der Waals surface area contributed by atoms with E-state index in [0.717, 1.165) is 38.3 Å². The molecular formula is C14H21F3N4O. The zero-order valence-electron chi connectivity index (χ0n) is 12.8. The van der Waals surface area contributed by atoms with E-state index in [4.69, 9.17) is 0 Å². The number of nitrogens with one attached hydrogen (secondary N) is 1. The molecule has 0 aliphatic carbocycles. The number of nitrogens with zero attached hydrogens (tertiary/aromatic N) is 3. The van der Waals surface area contributed by atoms with Gasteiger partial charge in [0.1, 0.15) is 5.69 Å². The molecule has 22 heavy (non-hydrogen) atoms. The molecule has 1 aromatic rings. The SMILES string of the molecule is CN(C)CC[C@H]1CCCCN1C(=O)c1cc(C(F)(F)F)[nH]n1. The van der Waals surface area contributed by atoms with E-state index >= 15 is 0 Å². The Bertz CT molecular complexity index is 512. The van der Waals surface area contributed by atoms with Crippen LogP contribution in [-0.2, 0) is 6.18 Å². The summed E-state index contributed by atoms with van der Waals surface area (Å²) in [6.45, 7) is 1.41. The van der Waals surface area contributed by atoms with Gasteiger partial charge in [0.05, 0.1) is 0 Å². The molecule has 0 aromatic carbocycles. The van der Waals surface area contributed by atoms with Gasteiger partial charge in [0, 0.05) is 18.7 Å². The van der Waals surface area contributed by atoms with Crippen LogP contribution >= 0.6 is 0 Å². The zero-order valence-corrected chi connectivity index (χ0v) is 12.8. The van der Waals surface area contributed by atoms with Crippen molar-refractivity contribution in [3.05, 3.63) is 17.5 Å². The van der Waals surface area contributed by atoms with Crippen LogP contribution in [0.25, 0.3) is 0 Å². The Labute approximate surface area is 127 Å². The minimum atomic E-state index is -4.52. The molecular weight excluding hydrogens is 297 g/mol. The smallest absolute Gasteiger partial charge is 0.334 e. The molecule has 0 bridgehead atoms. The topological polar surface area (TPSA) is 52.2 Å². The van der Waals surface area contributed by atoms with Gasteiger partial charge in [-0.1, -0.05) is 0 Å². The molecule has 1 aliphatic heterocycles. The van der Waals surface area contributed by atoms with Gasteiger partial charge >= 0.3 is 6.18 Å². The number of rotatable bonds is 4. The van der Waals surface area contributed by atoms with Crippen LogP contribution in [0.2, 0.25) is 0 Å². The average Bonchev–Trinajstić information content (AvgIpc) is 2.94. The summed E-state index contributed by atoms with van der Waals surface area (Å²) in [6, 6.07) is 0.856. The standard InChI is InChI=1S/C14H21F3N4O/c1-20(2)8-6-10-5-3-4-7-21(10)13(22)11-9-12(19-18-11)14(15,16)17/h9-10H,3-8H2,1-2H3,(H,18,19)/t10-/m1/s1. The Morgan fingerprint density at radius 1 is 1.45 bits per heavy atom. The van der Waals surface area contributed by atoms with Crippen molar-refractivity contribution in [3.8, 4) is 0 Å². The number of aromatic nitrogens is 2. The van der Waals surface area contributed by atoms with Crippen LogP contribution in [0.1, 0.15) is 41.9 Å². The first-order valence-corrected chi connectivity index (χ1v) is 7.37. The summed E-state index contributed by atoms with van der Waals surface area (Å²) in [7, 11) is 3.91. The summed E-state index contributed by atoms with van der Waals surface area (Å²) in [5, 5.41) is 5.44. The summed E-state index contributed by atoms with van der Waals surface area (Å²) in [5.74, 6) is -0.421. The minimum Gasteiger partial charge on any atom is -0.334 e. The number of amides is 1. The second-order valence-corrected chi connectivity index (χ2v) is 5.90. The van der Waals surface area contributed by atoms with E-state index < -0.39 is 17.8 Å². The Kier molecular flexibility index (Phi) is 5.10. The van der Waals surface area contributed by atoms with Crippen molar-refractivity contribution in [2.45, 2.75) is 37.9 Å². The largest absolute Gasteiger partial charge is 0.432 e. The number of carbonyl (C=O) groups excluding carboxylic acids is 1. The molecule has 2 rings (SSSR count). The van der Waals surface area contributed by atoms with Crippen molar-refractivity contribution in [2.24, 2.45) is 0 Å². The van der Waals surface area contributed by atoms with E-state index in [-0.39, 0.29) is 11.7 Å². The summed E-state index contributed by atoms with van der Waals surface area (Å²) >= 11 is 0. The van der Waals surface area contributed by atoms with Gasteiger partial charge < -0.3 is 9.80 Å². The van der Waals surface area contributed by atoms with Crippen molar-refractivity contribution in [2.75, 3.05) is 27.2 Å². The van der Waals surface area contributed by atoms with Gasteiger partial charge in [0.15, 0.2) is 5.69 Å². The van der Waals surface area contributed by atoms with Crippen molar-refractivity contribution in [1.29, 1.82) is 0 Å². The van der Waals surface area contributed by atoms with Gasteiger partial charge in [0.25, 0.3) is 5.91 Å². The monoisotopic (exact) mass is 318 g/mol. The molecule has 0 unspecified atom stereocenters. The number of piperidine rings is 1. The lowest BCUT2D eigenvalue weighted by atomic mass is 9.98. The van der Waals surface area contributed by atoms with Crippen LogP contribution in [0.3, 0.4) is 0 Å². The lowest BCUT2D eigenvalue weighted by Gasteiger charge is -2.36. The molecule has 2 heterocycles. The third-order valence-electron chi connectivity index (χ3n) is 3.90. The molecule has 1 fully saturated rings. The molecule has 1 amide bonds. The molecule has 0 saturated carbocycles. The summed E-state index contributed by atoms with van der Waals surface area (Å²) in [4.78, 5) is 16.2. The number of hydrogen-bond donors (Lipinski definition) is 1. The fraction of sp³-hybridized carbons (Fsp3) is 0.714. The highest BCUT2D eigenvalue weighted by Gasteiger charge is 2.35. The van der Waals surface area contributed by atoms with E-state index in [1.807, 2.05) is 24.1 Å². The number of alkyl halides is 3. The van der Waals surface area contributed by atoms with E-state index in [1.165, 1.54) is 0 Å². The fourth-order valence-corrected chi connectivity index (χ4v) is 2.70. The van der Waals surface area contributed by atoms with Crippen LogP contribution in [0, 0.1) is 0 Å². The number of H-pyrrole nitrogens is 1. The second-order valence-electron chi connectivity index (χ2n) is 5.90. The molecule has 0 spiro atoms. The van der Waals surface area contributed by atoms with Gasteiger partial charge in [-0.15, -0.1) is 0 Å². The fourth-order valence-electron chi connectivity index (χ4n) is 2.70. The molecule has 1 saturated heterocycles. The number of hydrogen-bond acceptors (Lipinski definition) is 3. The van der Waals surface area contributed by atoms with E-state index in [2.05, 4.69) is 5.10 Å². The number of likely N-dealkylation sites (tertiary alicyclic amines) is 1. The van der Waals surface area contributed by atoms with Gasteiger partial charge in [-0.2, -0.15) is 18.3 Å². The Hall–Kier alpha value is -1.57. The molecule has 1 N–H and O–H groups in total. The molecule has 1 atom stereocenters. The second kappa shape index (κ2) is 6.68. The van der Waals surface area contributed by atoms with E-state index in [1.54, 1.807) is 4.90 Å². The lowest BCUT2D eigenvalue weighted by Crippen LogP contribution is -2.45. The number of aromatic amines is 1. The van der Waals surface area contributed by atoms with E-state index in [9.17, 15) is 18.0 Å². The maximum Gasteiger partial charge on any atom is 0.432 e. The minimum absolute atomic E-state index is 0.0645. The highest BCUT2D eigenvalue weighted by atomic mass is 19.4. The first-order chi connectivity index (χ1) is 10.3. The van der Waals surface area contributed by atoms with Gasteiger partial charge in [-0.3, -0.25) is 9.89 Å². The Morgan fingerprint density at radius 2 is 2.18 bits per heavy atom. The maximum atomic E-state index is 12.6. The van der Waals surface area contributed by atoms with Crippen LogP contribution in [-0.4, -0.2) is 59.1 Å². The first-order valence-electron chi connectivity index (χ1n) is 7.37. The summed E-state index contributed by atoms with van der Waals surface area (Å²) < 4.78 is 37.8. The van der Waals surface area contributed by atoms with Crippen molar-refractivity contribution < 1.29 is 18.0 Å². The number of carbonyl (C=O) groups is 1. The van der Waals surface area contributed by atoms with Crippen LogP contribution in [0.4, 0.5) is 13.2 Å². The van der Waals surface area contributed by atoms with Gasteiger partial charge in [-0.25, -0.2) is 0 Å². The van der Waals surface area contributed by atoms with Gasteiger partial charge in [-0.05, 0) is 46.3 Å². The van der Waals surface area contributed by atoms with Crippen LogP contribution in [0.15, 0.2) is 6.07 Å². The van der Waals surface area contributed by atoms with Crippen molar-refractivity contribution >= 4 is 5.91 Å². The summed E-state index contributed by atoms with van der Waals surface area (Å²) in [6.07, 6.45) is -0.903. The Morgan fingerprint density at radius 3 is 2.77 bits per heavy atom. The molecule has 8 heteroatoms. The predicted molar refractivity (Wildman–Crippen MR) is 75.4 cm³/mol. The molecule has 1 aromatic heterocycles. The highest BCUT2D eigenvalue weighted by molar-refractivity contribution is 5.92. The van der Waals surface area contributed by atoms with Crippen LogP contribution in [0.5, 0.6) is 0 Å². The highest BCUT2D eigenvalue weighted by Crippen LogP contribution is 2.28. The third-order valence-corrected chi connectivity index (χ3v) is 3.90. The van der Waals surface area contributed by atoms with Crippen LogP contribution < -0.4 is 0 Å². The molecule has 124 valence electrons. The average molecular weight is 318 g/mol. The maximum absolute atomic E-state index is 12.6. The third kappa shape index (κ3) is 4.00. The normalized spacial score (nSPS) is 19.7. The molecule has 5 nitrogen and oxygen atoms in total. The lowest BCUT2D eigenvalue weighted by molar-refractivity contribution is -0.141.